The third-order valence-corrected chi connectivity index (χ3v) is 6.44. The summed E-state index contributed by atoms with van der Waals surface area (Å²) in [5.41, 5.74) is 1.98. The number of nitrogens with zero attached hydrogens (tertiary/aromatic N) is 3. The van der Waals surface area contributed by atoms with Crippen LogP contribution in [0.25, 0.3) is 21.6 Å². The highest BCUT2D eigenvalue weighted by Crippen LogP contribution is 2.32. The van der Waals surface area contributed by atoms with Gasteiger partial charge in [0.05, 0.1) is 9.88 Å². The van der Waals surface area contributed by atoms with Crippen LogP contribution in [0.3, 0.4) is 0 Å². The van der Waals surface area contributed by atoms with Crippen molar-refractivity contribution < 1.29 is 9.18 Å². The van der Waals surface area contributed by atoms with Gasteiger partial charge in [0.2, 0.25) is 0 Å². The summed E-state index contributed by atoms with van der Waals surface area (Å²) < 4.78 is 16.0. The number of benzene rings is 2. The molecule has 0 N–H and O–H groups in total. The molecule has 2 aromatic heterocycles. The molecule has 0 radical (unpaired) electrons. The Labute approximate surface area is 195 Å². The van der Waals surface area contributed by atoms with Crippen LogP contribution in [0.15, 0.2) is 77.7 Å². The molecule has 0 aliphatic heterocycles. The highest BCUT2D eigenvalue weighted by molar-refractivity contribution is 7.15. The van der Waals surface area contributed by atoms with Gasteiger partial charge in [-0.2, -0.15) is 0 Å². The summed E-state index contributed by atoms with van der Waals surface area (Å²) in [4.78, 5) is 32.9. The Morgan fingerprint density at radius 2 is 1.73 bits per heavy atom. The van der Waals surface area contributed by atoms with Crippen molar-refractivity contribution >= 4 is 17.2 Å². The van der Waals surface area contributed by atoms with E-state index in [9.17, 15) is 14.0 Å². The number of halogens is 1. The van der Waals surface area contributed by atoms with E-state index in [4.69, 9.17) is 0 Å². The molecular formula is C26H24FN3O2S. The number of amides is 1. The van der Waals surface area contributed by atoms with Crippen LogP contribution in [0.5, 0.6) is 0 Å². The molecule has 4 rings (SSSR count). The molecule has 0 saturated heterocycles. The first-order valence-corrected chi connectivity index (χ1v) is 11.6. The molecule has 0 aliphatic carbocycles. The number of thiazole rings is 1. The van der Waals surface area contributed by atoms with Gasteiger partial charge in [0.25, 0.3) is 11.5 Å². The second-order valence-electron chi connectivity index (χ2n) is 7.56. The lowest BCUT2D eigenvalue weighted by atomic mass is 10.1. The summed E-state index contributed by atoms with van der Waals surface area (Å²) in [6.07, 6.45) is 1.73. The SMILES string of the molecule is CCN(CCn1cccc(-c2ccccc2)c1=O)C(=O)c1nc(C)sc1-c1ccccc1F. The molecule has 0 unspecified atom stereocenters. The maximum absolute atomic E-state index is 14.4. The first kappa shape index (κ1) is 22.6. The molecule has 0 saturated carbocycles. The minimum Gasteiger partial charge on any atom is -0.336 e. The number of aromatic nitrogens is 2. The molecule has 0 aliphatic rings. The maximum Gasteiger partial charge on any atom is 0.274 e. The Balaban J connectivity index is 1.58. The van der Waals surface area contributed by atoms with Crippen molar-refractivity contribution in [3.05, 3.63) is 99.8 Å². The second kappa shape index (κ2) is 9.92. The quantitative estimate of drug-likeness (QED) is 0.378. The van der Waals surface area contributed by atoms with Crippen molar-refractivity contribution in [3.8, 4) is 21.6 Å². The predicted octanol–water partition coefficient (Wildman–Crippen LogP) is 5.25. The number of aryl methyl sites for hydroxylation is 1. The van der Waals surface area contributed by atoms with Crippen LogP contribution in [-0.2, 0) is 6.54 Å². The molecule has 168 valence electrons. The molecule has 0 atom stereocenters. The lowest BCUT2D eigenvalue weighted by molar-refractivity contribution is 0.0754. The summed E-state index contributed by atoms with van der Waals surface area (Å²) in [7, 11) is 0. The van der Waals surface area contributed by atoms with Gasteiger partial charge in [-0.15, -0.1) is 11.3 Å². The Kier molecular flexibility index (Phi) is 6.79. The Morgan fingerprint density at radius 3 is 2.45 bits per heavy atom. The highest BCUT2D eigenvalue weighted by Gasteiger charge is 2.24. The van der Waals surface area contributed by atoms with Gasteiger partial charge in [-0.1, -0.05) is 48.5 Å². The third kappa shape index (κ3) is 4.78. The lowest BCUT2D eigenvalue weighted by Gasteiger charge is -2.21. The molecule has 0 bridgehead atoms. The smallest absolute Gasteiger partial charge is 0.274 e. The standard InChI is InChI=1S/C26H24FN3O2S/c1-3-29(16-17-30-15-9-13-20(25(30)31)19-10-5-4-6-11-19)26(32)23-24(33-18(2)28-23)21-12-7-8-14-22(21)27/h4-15H,3,16-17H2,1-2H3. The van der Waals surface area contributed by atoms with Crippen molar-refractivity contribution in [2.45, 2.75) is 20.4 Å². The summed E-state index contributed by atoms with van der Waals surface area (Å²) >= 11 is 1.30. The summed E-state index contributed by atoms with van der Waals surface area (Å²) in [6.45, 7) is 4.80. The summed E-state index contributed by atoms with van der Waals surface area (Å²) in [6, 6.07) is 19.5. The molecule has 2 aromatic carbocycles. The molecular weight excluding hydrogens is 437 g/mol. The second-order valence-corrected chi connectivity index (χ2v) is 8.76. The zero-order valence-corrected chi connectivity index (χ0v) is 19.3. The van der Waals surface area contributed by atoms with Gasteiger partial charge in [-0.3, -0.25) is 9.59 Å². The van der Waals surface area contributed by atoms with Crippen LogP contribution < -0.4 is 5.56 Å². The van der Waals surface area contributed by atoms with Gasteiger partial charge in [0.1, 0.15) is 11.5 Å². The van der Waals surface area contributed by atoms with Gasteiger partial charge >= 0.3 is 0 Å². The summed E-state index contributed by atoms with van der Waals surface area (Å²) in [5, 5.41) is 0.694. The Morgan fingerprint density at radius 1 is 1.03 bits per heavy atom. The Bertz CT molecular complexity index is 1330. The van der Waals surface area contributed by atoms with E-state index in [1.807, 2.05) is 43.3 Å². The number of hydrogen-bond donors (Lipinski definition) is 0. The predicted molar refractivity (Wildman–Crippen MR) is 130 cm³/mol. The molecule has 0 spiro atoms. The zero-order valence-electron chi connectivity index (χ0n) is 18.5. The van der Waals surface area contributed by atoms with Crippen molar-refractivity contribution in [1.29, 1.82) is 0 Å². The van der Waals surface area contributed by atoms with Crippen LogP contribution in [0.2, 0.25) is 0 Å². The third-order valence-electron chi connectivity index (χ3n) is 5.44. The first-order chi connectivity index (χ1) is 16.0. The van der Waals surface area contributed by atoms with E-state index in [1.165, 1.54) is 17.4 Å². The van der Waals surface area contributed by atoms with Crippen molar-refractivity contribution in [1.82, 2.24) is 14.5 Å². The van der Waals surface area contributed by atoms with Crippen molar-refractivity contribution in [2.75, 3.05) is 13.1 Å². The van der Waals surface area contributed by atoms with E-state index in [-0.39, 0.29) is 23.0 Å². The van der Waals surface area contributed by atoms with Gasteiger partial charge in [-0.25, -0.2) is 9.37 Å². The molecule has 4 aromatic rings. The molecule has 2 heterocycles. The van der Waals surface area contributed by atoms with Crippen LogP contribution in [-0.4, -0.2) is 33.4 Å². The van der Waals surface area contributed by atoms with Crippen LogP contribution in [0.1, 0.15) is 22.4 Å². The molecule has 0 fully saturated rings. The largest absolute Gasteiger partial charge is 0.336 e. The fourth-order valence-electron chi connectivity index (χ4n) is 3.73. The average Bonchev–Trinajstić information content (AvgIpc) is 3.22. The van der Waals surface area contributed by atoms with Gasteiger partial charge in [0, 0.05) is 37.0 Å². The number of likely N-dealkylation sites (N-methyl/N-ethyl adjacent to an activating group) is 1. The Hall–Kier alpha value is -3.58. The van der Waals surface area contributed by atoms with Gasteiger partial charge in [0.15, 0.2) is 0 Å². The number of rotatable bonds is 7. The van der Waals surface area contributed by atoms with Crippen LogP contribution in [0.4, 0.5) is 4.39 Å². The highest BCUT2D eigenvalue weighted by atomic mass is 32.1. The lowest BCUT2D eigenvalue weighted by Crippen LogP contribution is -2.36. The van der Waals surface area contributed by atoms with Crippen LogP contribution >= 0.6 is 11.3 Å². The van der Waals surface area contributed by atoms with E-state index in [0.29, 0.717) is 40.6 Å². The fraction of sp³-hybridized carbons (Fsp3) is 0.192. The number of carbonyl (C=O) groups excluding carboxylic acids is 1. The van der Waals surface area contributed by atoms with Crippen molar-refractivity contribution in [3.63, 3.8) is 0 Å². The van der Waals surface area contributed by atoms with Crippen LogP contribution in [0, 0.1) is 12.7 Å². The monoisotopic (exact) mass is 461 g/mol. The number of carbonyl (C=O) groups is 1. The fourth-order valence-corrected chi connectivity index (χ4v) is 4.67. The maximum atomic E-state index is 14.4. The van der Waals surface area contributed by atoms with Gasteiger partial charge in [-0.05, 0) is 37.6 Å². The average molecular weight is 462 g/mol. The van der Waals surface area contributed by atoms with E-state index < -0.39 is 0 Å². The normalized spacial score (nSPS) is 10.9. The van der Waals surface area contributed by atoms with E-state index in [1.54, 1.807) is 46.9 Å². The van der Waals surface area contributed by atoms with E-state index in [0.717, 1.165) is 5.56 Å². The zero-order chi connectivity index (χ0) is 23.4. The molecule has 1 amide bonds. The van der Waals surface area contributed by atoms with Crippen molar-refractivity contribution in [2.24, 2.45) is 0 Å². The molecule has 5 nitrogen and oxygen atoms in total. The summed E-state index contributed by atoms with van der Waals surface area (Å²) in [5.74, 6) is -0.658. The minimum absolute atomic E-state index is 0.108. The van der Waals surface area contributed by atoms with Gasteiger partial charge < -0.3 is 9.47 Å². The molecule has 33 heavy (non-hydrogen) atoms. The first-order valence-electron chi connectivity index (χ1n) is 10.8. The molecule has 7 heteroatoms. The topological polar surface area (TPSA) is 55.2 Å². The number of pyridine rings is 1. The minimum atomic E-state index is -0.387. The van der Waals surface area contributed by atoms with E-state index in [2.05, 4.69) is 4.98 Å². The van der Waals surface area contributed by atoms with E-state index >= 15 is 0 Å². The number of hydrogen-bond acceptors (Lipinski definition) is 4.